The Balaban J connectivity index is 2.22. The van der Waals surface area contributed by atoms with Crippen molar-refractivity contribution in [2.75, 3.05) is 13.1 Å². The number of carbonyl (C=O) groups excluding carboxylic acids is 1. The molecule has 1 amide bonds. The van der Waals surface area contributed by atoms with Crippen molar-refractivity contribution in [3.8, 4) is 0 Å². The normalized spacial score (nSPS) is 19.4. The fourth-order valence-electron chi connectivity index (χ4n) is 2.94. The van der Waals surface area contributed by atoms with Crippen molar-refractivity contribution in [1.29, 1.82) is 0 Å². The lowest BCUT2D eigenvalue weighted by atomic mass is 9.96. The van der Waals surface area contributed by atoms with Gasteiger partial charge in [0.1, 0.15) is 16.8 Å². The maximum absolute atomic E-state index is 13.9. The van der Waals surface area contributed by atoms with Gasteiger partial charge in [0.05, 0.1) is 5.92 Å². The maximum atomic E-state index is 13.9. The van der Waals surface area contributed by atoms with Crippen molar-refractivity contribution in [2.24, 2.45) is 11.8 Å². The van der Waals surface area contributed by atoms with Crippen LogP contribution in [0.15, 0.2) is 29.2 Å². The van der Waals surface area contributed by atoms with Crippen LogP contribution in [0.2, 0.25) is 0 Å². The number of aliphatic carboxylic acids is 1. The monoisotopic (exact) mass is 386 g/mol. The predicted molar refractivity (Wildman–Crippen MR) is 92.3 cm³/mol. The van der Waals surface area contributed by atoms with Crippen LogP contribution < -0.4 is 4.72 Å². The molecule has 1 aliphatic heterocycles. The molecule has 2 atom stereocenters. The molecule has 1 aromatic carbocycles. The highest BCUT2D eigenvalue weighted by Gasteiger charge is 2.35. The van der Waals surface area contributed by atoms with Gasteiger partial charge in [-0.1, -0.05) is 26.0 Å². The van der Waals surface area contributed by atoms with Crippen LogP contribution in [-0.2, 0) is 19.6 Å². The molecule has 1 fully saturated rings. The molecule has 2 rings (SSSR count). The highest BCUT2D eigenvalue weighted by atomic mass is 32.2. The minimum atomic E-state index is -4.24. The standard InChI is InChI=1S/C17H23FN2O5S/c1-11(2)15(16(21)20-9-5-6-12(10-20)17(22)23)19-26(24,25)14-8-4-3-7-13(14)18/h3-4,7-8,11-12,15,19H,5-6,9-10H2,1-2H3,(H,22,23)/t12?,15-/m0/s1. The lowest BCUT2D eigenvalue weighted by Crippen LogP contribution is -2.54. The van der Waals surface area contributed by atoms with Crippen LogP contribution in [0.1, 0.15) is 26.7 Å². The molecule has 144 valence electrons. The summed E-state index contributed by atoms with van der Waals surface area (Å²) in [5, 5.41) is 9.16. The number of halogens is 1. The summed E-state index contributed by atoms with van der Waals surface area (Å²) in [6.07, 6.45) is 1.01. The van der Waals surface area contributed by atoms with E-state index >= 15 is 0 Å². The summed E-state index contributed by atoms with van der Waals surface area (Å²) in [7, 11) is -4.24. The summed E-state index contributed by atoms with van der Waals surface area (Å²) in [5.41, 5.74) is 0. The first-order chi connectivity index (χ1) is 12.1. The Morgan fingerprint density at radius 2 is 1.96 bits per heavy atom. The Morgan fingerprint density at radius 3 is 2.54 bits per heavy atom. The number of carboxylic acid groups (broad SMARTS) is 1. The number of nitrogens with zero attached hydrogens (tertiary/aromatic N) is 1. The number of rotatable bonds is 6. The first kappa shape index (κ1) is 20.3. The van der Waals surface area contributed by atoms with Gasteiger partial charge in [0, 0.05) is 13.1 Å². The number of sulfonamides is 1. The van der Waals surface area contributed by atoms with Gasteiger partial charge in [0.25, 0.3) is 0 Å². The molecule has 0 aromatic heterocycles. The zero-order valence-electron chi connectivity index (χ0n) is 14.7. The second-order valence-electron chi connectivity index (χ2n) is 6.74. The molecular weight excluding hydrogens is 363 g/mol. The minimum absolute atomic E-state index is 0.0405. The van der Waals surface area contributed by atoms with Gasteiger partial charge < -0.3 is 10.0 Å². The number of likely N-dealkylation sites (tertiary alicyclic amines) is 1. The van der Waals surface area contributed by atoms with Crippen molar-refractivity contribution in [3.63, 3.8) is 0 Å². The van der Waals surface area contributed by atoms with E-state index in [4.69, 9.17) is 5.11 Å². The zero-order valence-corrected chi connectivity index (χ0v) is 15.5. The summed E-state index contributed by atoms with van der Waals surface area (Å²) in [5.74, 6) is -3.43. The number of carboxylic acids is 1. The third-order valence-electron chi connectivity index (χ3n) is 4.42. The first-order valence-electron chi connectivity index (χ1n) is 8.42. The Bertz CT molecular complexity index is 781. The molecule has 2 N–H and O–H groups in total. The molecule has 7 nitrogen and oxygen atoms in total. The molecule has 0 radical (unpaired) electrons. The summed E-state index contributed by atoms with van der Waals surface area (Å²) in [4.78, 5) is 24.8. The van der Waals surface area contributed by atoms with Gasteiger partial charge in [0.15, 0.2) is 0 Å². The molecular formula is C17H23FN2O5S. The van der Waals surface area contributed by atoms with Gasteiger partial charge in [0.2, 0.25) is 15.9 Å². The second-order valence-corrected chi connectivity index (χ2v) is 8.42. The van der Waals surface area contributed by atoms with Gasteiger partial charge in [-0.25, -0.2) is 12.8 Å². The van der Waals surface area contributed by atoms with Gasteiger partial charge in [-0.3, -0.25) is 9.59 Å². The summed E-state index contributed by atoms with van der Waals surface area (Å²) >= 11 is 0. The van der Waals surface area contributed by atoms with Crippen molar-refractivity contribution >= 4 is 21.9 Å². The maximum Gasteiger partial charge on any atom is 0.308 e. The molecule has 1 aromatic rings. The van der Waals surface area contributed by atoms with E-state index in [0.717, 1.165) is 12.1 Å². The molecule has 0 spiro atoms. The van der Waals surface area contributed by atoms with Gasteiger partial charge in [-0.15, -0.1) is 0 Å². The summed E-state index contributed by atoms with van der Waals surface area (Å²) in [6.45, 7) is 3.75. The molecule has 1 saturated heterocycles. The van der Waals surface area contributed by atoms with E-state index in [2.05, 4.69) is 4.72 Å². The molecule has 1 aliphatic rings. The molecule has 0 aliphatic carbocycles. The summed E-state index contributed by atoms with van der Waals surface area (Å²) in [6, 6.07) is 3.82. The summed E-state index contributed by atoms with van der Waals surface area (Å²) < 4.78 is 41.2. The number of benzene rings is 1. The van der Waals surface area contributed by atoms with Crippen molar-refractivity contribution < 1.29 is 27.5 Å². The number of carbonyl (C=O) groups is 2. The SMILES string of the molecule is CC(C)[C@H](NS(=O)(=O)c1ccccc1F)C(=O)N1CCCC(C(=O)O)C1. The molecule has 1 unspecified atom stereocenters. The molecule has 26 heavy (non-hydrogen) atoms. The van der Waals surface area contributed by atoms with Crippen LogP contribution in [0.4, 0.5) is 4.39 Å². The van der Waals surface area contributed by atoms with Crippen molar-refractivity contribution in [1.82, 2.24) is 9.62 Å². The smallest absolute Gasteiger partial charge is 0.308 e. The zero-order chi connectivity index (χ0) is 19.5. The second kappa shape index (κ2) is 8.13. The van der Waals surface area contributed by atoms with Gasteiger partial charge >= 0.3 is 5.97 Å². The fourth-order valence-corrected chi connectivity index (χ4v) is 4.36. The van der Waals surface area contributed by atoms with Crippen LogP contribution >= 0.6 is 0 Å². The quantitative estimate of drug-likeness (QED) is 0.770. The van der Waals surface area contributed by atoms with E-state index in [1.54, 1.807) is 13.8 Å². The topological polar surface area (TPSA) is 104 Å². The number of amides is 1. The molecule has 0 bridgehead atoms. The first-order valence-corrected chi connectivity index (χ1v) is 9.90. The number of hydrogen-bond donors (Lipinski definition) is 2. The Kier molecular flexibility index (Phi) is 6.35. The minimum Gasteiger partial charge on any atom is -0.481 e. The van der Waals surface area contributed by atoms with Crippen LogP contribution in [0, 0.1) is 17.7 Å². The third kappa shape index (κ3) is 4.59. The lowest BCUT2D eigenvalue weighted by Gasteiger charge is -2.34. The highest BCUT2D eigenvalue weighted by Crippen LogP contribution is 2.20. The highest BCUT2D eigenvalue weighted by molar-refractivity contribution is 7.89. The average molecular weight is 386 g/mol. The largest absolute Gasteiger partial charge is 0.481 e. The van der Waals surface area contributed by atoms with Crippen LogP contribution in [0.3, 0.4) is 0 Å². The number of nitrogens with one attached hydrogen (secondary N) is 1. The van der Waals surface area contributed by atoms with E-state index < -0.39 is 50.5 Å². The predicted octanol–water partition coefficient (Wildman–Crippen LogP) is 1.45. The van der Waals surface area contributed by atoms with E-state index in [9.17, 15) is 22.4 Å². The van der Waals surface area contributed by atoms with E-state index in [-0.39, 0.29) is 6.54 Å². The Labute approximate surface area is 152 Å². The van der Waals surface area contributed by atoms with E-state index in [1.165, 1.54) is 17.0 Å². The van der Waals surface area contributed by atoms with Gasteiger partial charge in [-0.05, 0) is 30.9 Å². The molecule has 9 heteroatoms. The van der Waals surface area contributed by atoms with Crippen LogP contribution in [0.5, 0.6) is 0 Å². The van der Waals surface area contributed by atoms with Crippen molar-refractivity contribution in [2.45, 2.75) is 37.6 Å². The van der Waals surface area contributed by atoms with Crippen molar-refractivity contribution in [3.05, 3.63) is 30.1 Å². The van der Waals surface area contributed by atoms with Crippen LogP contribution in [-0.4, -0.2) is 49.4 Å². The number of hydrogen-bond acceptors (Lipinski definition) is 4. The van der Waals surface area contributed by atoms with Gasteiger partial charge in [-0.2, -0.15) is 4.72 Å². The molecule has 1 heterocycles. The number of piperidine rings is 1. The Hall–Kier alpha value is -2.00. The van der Waals surface area contributed by atoms with E-state index in [0.29, 0.717) is 19.4 Å². The average Bonchev–Trinajstić information content (AvgIpc) is 2.59. The van der Waals surface area contributed by atoms with E-state index in [1.807, 2.05) is 0 Å². The third-order valence-corrected chi connectivity index (χ3v) is 5.90. The Morgan fingerprint density at radius 1 is 1.31 bits per heavy atom. The van der Waals surface area contributed by atoms with Crippen LogP contribution in [0.25, 0.3) is 0 Å². The lowest BCUT2D eigenvalue weighted by molar-refractivity contribution is -0.146. The molecule has 0 saturated carbocycles. The fraction of sp³-hybridized carbons (Fsp3) is 0.529.